The van der Waals surface area contributed by atoms with Crippen molar-refractivity contribution in [3.05, 3.63) is 60.3 Å². The molecule has 0 bridgehead atoms. The molecule has 1 aliphatic rings. The fourth-order valence-corrected chi connectivity index (χ4v) is 5.21. The second-order valence-electron chi connectivity index (χ2n) is 9.35. The van der Waals surface area contributed by atoms with E-state index in [-0.39, 0.29) is 18.3 Å². The number of hydrogen-bond donors (Lipinski definition) is 2. The van der Waals surface area contributed by atoms with E-state index in [1.807, 2.05) is 30.3 Å². The first-order valence-corrected chi connectivity index (χ1v) is 12.3. The van der Waals surface area contributed by atoms with Crippen LogP contribution in [0, 0.1) is 11.8 Å². The van der Waals surface area contributed by atoms with Gasteiger partial charge in [0, 0.05) is 43.4 Å². The largest absolute Gasteiger partial charge is 0.497 e. The second kappa shape index (κ2) is 12.0. The van der Waals surface area contributed by atoms with Crippen molar-refractivity contribution < 1.29 is 19.7 Å². The van der Waals surface area contributed by atoms with Gasteiger partial charge in [-0.05, 0) is 86.5 Å². The zero-order valence-corrected chi connectivity index (χ0v) is 20.2. The lowest BCUT2D eigenvalue weighted by Crippen LogP contribution is -2.42. The molecule has 4 rings (SSSR count). The number of rotatable bonds is 11. The van der Waals surface area contributed by atoms with Gasteiger partial charge in [0.15, 0.2) is 0 Å². The molecule has 0 saturated carbocycles. The third-order valence-corrected chi connectivity index (χ3v) is 7.06. The maximum absolute atomic E-state index is 11.6. The van der Waals surface area contributed by atoms with Crippen LogP contribution in [0.25, 0.3) is 10.9 Å². The smallest absolute Gasteiger partial charge is 0.303 e. The lowest BCUT2D eigenvalue weighted by Gasteiger charge is -2.38. The number of likely N-dealkylation sites (tertiary alicyclic amines) is 1. The number of aryl methyl sites for hydroxylation is 1. The fourth-order valence-electron chi connectivity index (χ4n) is 5.21. The summed E-state index contributed by atoms with van der Waals surface area (Å²) in [6, 6.07) is 9.35. The van der Waals surface area contributed by atoms with Gasteiger partial charge in [-0.3, -0.25) is 9.78 Å². The molecule has 8 heteroatoms. The van der Waals surface area contributed by atoms with Crippen LogP contribution >= 0.6 is 0 Å². The number of hydrogen-bond acceptors (Lipinski definition) is 7. The zero-order valence-electron chi connectivity index (χ0n) is 20.2. The summed E-state index contributed by atoms with van der Waals surface area (Å²) in [5.41, 5.74) is 1.66. The van der Waals surface area contributed by atoms with Crippen LogP contribution in [0.2, 0.25) is 0 Å². The molecule has 1 aromatic carbocycles. The number of aliphatic hydroxyl groups is 1. The highest BCUT2D eigenvalue weighted by Crippen LogP contribution is 2.34. The van der Waals surface area contributed by atoms with E-state index < -0.39 is 12.1 Å². The SMILES string of the molecule is COc1ccc2nccc([C@@H](O)CC[C@@H]3CCN(CCCc4ncccn4)C[C@@H]3CC(=O)O)c2c1. The van der Waals surface area contributed by atoms with Crippen LogP contribution < -0.4 is 4.74 Å². The number of nitrogens with zero attached hydrogens (tertiary/aromatic N) is 4. The number of carbonyl (C=O) groups is 1. The van der Waals surface area contributed by atoms with E-state index in [9.17, 15) is 15.0 Å². The molecule has 1 aliphatic heterocycles. The van der Waals surface area contributed by atoms with E-state index in [0.717, 1.165) is 73.4 Å². The quantitative estimate of drug-likeness (QED) is 0.427. The first-order valence-electron chi connectivity index (χ1n) is 12.3. The van der Waals surface area contributed by atoms with Gasteiger partial charge in [-0.15, -0.1) is 0 Å². The Bertz CT molecular complexity index is 1110. The first-order chi connectivity index (χ1) is 17.0. The molecule has 1 saturated heterocycles. The number of pyridine rings is 1. The molecule has 0 aliphatic carbocycles. The van der Waals surface area contributed by atoms with Gasteiger partial charge in [-0.1, -0.05) is 0 Å². The van der Waals surface area contributed by atoms with Gasteiger partial charge in [-0.25, -0.2) is 9.97 Å². The summed E-state index contributed by atoms with van der Waals surface area (Å²) in [6.07, 6.45) is 8.86. The molecule has 0 amide bonds. The summed E-state index contributed by atoms with van der Waals surface area (Å²) in [6.45, 7) is 2.63. The molecule has 3 atom stereocenters. The molecular weight excluding hydrogens is 444 g/mol. The van der Waals surface area contributed by atoms with Crippen LogP contribution in [0.1, 0.15) is 49.6 Å². The molecule has 3 aromatic rings. The number of benzene rings is 1. The molecule has 0 spiro atoms. The number of ether oxygens (including phenoxy) is 1. The van der Waals surface area contributed by atoms with Crippen LogP contribution in [0.5, 0.6) is 5.75 Å². The molecule has 1 fully saturated rings. The summed E-state index contributed by atoms with van der Waals surface area (Å²) >= 11 is 0. The number of piperidine rings is 1. The number of fused-ring (bicyclic) bond motifs is 1. The van der Waals surface area contributed by atoms with Crippen molar-refractivity contribution >= 4 is 16.9 Å². The number of carboxylic acid groups (broad SMARTS) is 1. The minimum absolute atomic E-state index is 0.0794. The minimum Gasteiger partial charge on any atom is -0.497 e. The lowest BCUT2D eigenvalue weighted by atomic mass is 9.79. The van der Waals surface area contributed by atoms with E-state index in [0.29, 0.717) is 6.42 Å². The molecule has 186 valence electrons. The van der Waals surface area contributed by atoms with Gasteiger partial charge in [0.05, 0.1) is 18.7 Å². The highest BCUT2D eigenvalue weighted by Gasteiger charge is 2.31. The van der Waals surface area contributed by atoms with Crippen molar-refractivity contribution in [1.82, 2.24) is 19.9 Å². The summed E-state index contributed by atoms with van der Waals surface area (Å²) < 4.78 is 5.35. The predicted octanol–water partition coefficient (Wildman–Crippen LogP) is 3.89. The molecule has 35 heavy (non-hydrogen) atoms. The maximum atomic E-state index is 11.6. The van der Waals surface area contributed by atoms with Crippen molar-refractivity contribution in [2.24, 2.45) is 11.8 Å². The summed E-state index contributed by atoms with van der Waals surface area (Å²) in [7, 11) is 1.62. The number of carboxylic acids is 1. The van der Waals surface area contributed by atoms with Gasteiger partial charge in [0.2, 0.25) is 0 Å². The van der Waals surface area contributed by atoms with Crippen LogP contribution in [0.15, 0.2) is 48.9 Å². The van der Waals surface area contributed by atoms with Crippen LogP contribution in [0.4, 0.5) is 0 Å². The highest BCUT2D eigenvalue weighted by molar-refractivity contribution is 5.83. The van der Waals surface area contributed by atoms with Crippen molar-refractivity contribution in [3.63, 3.8) is 0 Å². The van der Waals surface area contributed by atoms with Gasteiger partial charge >= 0.3 is 5.97 Å². The third-order valence-electron chi connectivity index (χ3n) is 7.06. The predicted molar refractivity (Wildman–Crippen MR) is 133 cm³/mol. The normalized spacial score (nSPS) is 19.5. The lowest BCUT2D eigenvalue weighted by molar-refractivity contribution is -0.139. The Morgan fingerprint density at radius 2 is 2.00 bits per heavy atom. The van der Waals surface area contributed by atoms with Crippen molar-refractivity contribution in [2.75, 3.05) is 26.7 Å². The van der Waals surface area contributed by atoms with Gasteiger partial charge in [0.25, 0.3) is 0 Å². The second-order valence-corrected chi connectivity index (χ2v) is 9.35. The zero-order chi connectivity index (χ0) is 24.6. The summed E-state index contributed by atoms with van der Waals surface area (Å²) in [4.78, 5) is 26.9. The van der Waals surface area contributed by atoms with E-state index >= 15 is 0 Å². The van der Waals surface area contributed by atoms with Crippen LogP contribution in [0.3, 0.4) is 0 Å². The Kier molecular flexibility index (Phi) is 8.60. The number of aliphatic hydroxyl groups excluding tert-OH is 1. The average molecular weight is 479 g/mol. The summed E-state index contributed by atoms with van der Waals surface area (Å²) in [5, 5.41) is 21.5. The van der Waals surface area contributed by atoms with Crippen LogP contribution in [-0.2, 0) is 11.2 Å². The van der Waals surface area contributed by atoms with Gasteiger partial charge in [-0.2, -0.15) is 0 Å². The molecule has 2 N–H and O–H groups in total. The monoisotopic (exact) mass is 478 g/mol. The Labute approximate surface area is 206 Å². The number of methoxy groups -OCH3 is 1. The number of aliphatic carboxylic acids is 1. The first kappa shape index (κ1) is 25.0. The average Bonchev–Trinajstić information content (AvgIpc) is 2.87. The molecular formula is C27H34N4O4. The molecule has 3 heterocycles. The van der Waals surface area contributed by atoms with Crippen molar-refractivity contribution in [2.45, 2.75) is 44.6 Å². The van der Waals surface area contributed by atoms with E-state index in [4.69, 9.17) is 4.74 Å². The molecule has 0 radical (unpaired) electrons. The molecule has 8 nitrogen and oxygen atoms in total. The number of aromatic nitrogens is 3. The maximum Gasteiger partial charge on any atom is 0.303 e. The van der Waals surface area contributed by atoms with Gasteiger partial charge in [0.1, 0.15) is 11.6 Å². The Morgan fingerprint density at radius 1 is 1.17 bits per heavy atom. The van der Waals surface area contributed by atoms with Crippen molar-refractivity contribution in [3.8, 4) is 5.75 Å². The van der Waals surface area contributed by atoms with E-state index in [2.05, 4.69) is 19.9 Å². The van der Waals surface area contributed by atoms with Crippen LogP contribution in [-0.4, -0.2) is 62.8 Å². The highest BCUT2D eigenvalue weighted by atomic mass is 16.5. The fraction of sp³-hybridized carbons (Fsp3) is 0.481. The molecule has 2 aromatic heterocycles. The van der Waals surface area contributed by atoms with E-state index in [1.54, 1.807) is 25.7 Å². The van der Waals surface area contributed by atoms with Gasteiger partial charge < -0.3 is 19.8 Å². The third kappa shape index (κ3) is 6.74. The minimum atomic E-state index is -0.757. The topological polar surface area (TPSA) is 109 Å². The Balaban J connectivity index is 1.35. The van der Waals surface area contributed by atoms with Crippen molar-refractivity contribution in [1.29, 1.82) is 0 Å². The summed E-state index contributed by atoms with van der Waals surface area (Å²) in [5.74, 6) is 1.17. The Hall–Kier alpha value is -3.10. The van der Waals surface area contributed by atoms with E-state index in [1.165, 1.54) is 0 Å². The standard InChI is InChI=1S/C27H34N4O4/c1-35-21-6-7-24-23(17-21)22(9-13-28-24)25(32)8-5-19-10-15-31(18-20(19)16-27(33)34)14-2-4-26-29-11-3-12-30-26/h3,6-7,9,11-13,17,19-20,25,32H,2,4-5,8,10,14-16,18H2,1H3,(H,33,34)/t19-,20+,25+/m1/s1. The molecule has 0 unspecified atom stereocenters. The Morgan fingerprint density at radius 3 is 2.77 bits per heavy atom.